The van der Waals surface area contributed by atoms with E-state index in [2.05, 4.69) is 159 Å². The third kappa shape index (κ3) is 11.8. The van der Waals surface area contributed by atoms with Crippen LogP contribution in [0.2, 0.25) is 0 Å². The molecule has 0 bridgehead atoms. The van der Waals surface area contributed by atoms with Gasteiger partial charge < -0.3 is 0 Å². The molecule has 7 aromatic rings. The summed E-state index contributed by atoms with van der Waals surface area (Å²) in [6.45, 7) is 29.5. The minimum Gasteiger partial charge on any atom is -0.103 e. The second-order valence-electron chi connectivity index (χ2n) is 9.99. The van der Waals surface area contributed by atoms with Gasteiger partial charge in [-0.1, -0.05) is 236 Å². The molecule has 0 heterocycles. The van der Waals surface area contributed by atoms with Crippen LogP contribution in [0, 0.1) is 0 Å². The molecule has 0 N–H and O–H groups in total. The zero-order valence-corrected chi connectivity index (χ0v) is 34.8. The van der Waals surface area contributed by atoms with Gasteiger partial charge in [-0.2, -0.15) is 0 Å². The molecule has 0 saturated heterocycles. The highest BCUT2D eigenvalue weighted by Crippen LogP contribution is 2.49. The van der Waals surface area contributed by atoms with Gasteiger partial charge in [0.15, 0.2) is 0 Å². The largest absolute Gasteiger partial charge is 0.103 e. The number of allylic oxidation sites excluding steroid dienone is 1. The molecule has 0 atom stereocenters. The van der Waals surface area contributed by atoms with Crippen molar-refractivity contribution < 1.29 is 0 Å². The molecule has 52 heavy (non-hydrogen) atoms. The van der Waals surface area contributed by atoms with Gasteiger partial charge >= 0.3 is 0 Å². The topological polar surface area (TPSA) is 0 Å². The van der Waals surface area contributed by atoms with Gasteiger partial charge in [-0.05, 0) is 78.2 Å². The summed E-state index contributed by atoms with van der Waals surface area (Å²) in [4.78, 5) is 0. The Balaban J connectivity index is 0.00000143. The van der Waals surface area contributed by atoms with Crippen LogP contribution >= 0.6 is 0 Å². The van der Waals surface area contributed by atoms with E-state index in [0.29, 0.717) is 0 Å². The van der Waals surface area contributed by atoms with E-state index in [0.717, 1.165) is 6.42 Å². The highest BCUT2D eigenvalue weighted by atomic mass is 14.2. The third-order valence-electron chi connectivity index (χ3n) is 7.51. The Kier molecular flexibility index (Phi) is 26.0. The number of rotatable bonds is 4. The summed E-state index contributed by atoms with van der Waals surface area (Å²) in [6, 6.07) is 52.7. The van der Waals surface area contributed by atoms with E-state index in [-0.39, 0.29) is 0 Å². The van der Waals surface area contributed by atoms with Crippen LogP contribution in [0.15, 0.2) is 158 Å². The fourth-order valence-corrected chi connectivity index (χ4v) is 5.73. The maximum Gasteiger partial charge on any atom is -0.000765 e. The van der Waals surface area contributed by atoms with Gasteiger partial charge in [0.1, 0.15) is 0 Å². The zero-order chi connectivity index (χ0) is 39.3. The smallest absolute Gasteiger partial charge is 0.000765 e. The minimum atomic E-state index is 1.08. The summed E-state index contributed by atoms with van der Waals surface area (Å²) in [7, 11) is 0. The van der Waals surface area contributed by atoms with E-state index in [1.165, 1.54) is 65.7 Å². The van der Waals surface area contributed by atoms with E-state index in [9.17, 15) is 0 Å². The lowest BCUT2D eigenvalue weighted by molar-refractivity contribution is 1.23. The Labute approximate surface area is 319 Å². The Morgan fingerprint density at radius 3 is 1.04 bits per heavy atom. The van der Waals surface area contributed by atoms with Crippen molar-refractivity contribution in [1.82, 2.24) is 0 Å². The number of hydrogen-bond donors (Lipinski definition) is 0. The summed E-state index contributed by atoms with van der Waals surface area (Å²) in [5.74, 6) is 0. The molecule has 0 heteroatoms. The third-order valence-corrected chi connectivity index (χ3v) is 7.51. The van der Waals surface area contributed by atoms with E-state index in [1.54, 1.807) is 0 Å². The standard InChI is InChI=1S/C36H24.C4H8.6C2H6/c1-4-14-25(15-5-1)33-30-22-12-13-23-31(30)35(27-18-8-3-9-19-27)36-32(33)24-28-20-10-11-21-29(28)34(36)26-16-6-2-7-17-26;1-3-4-2;6*1-2/h1-24H;3H,1,4H2,2H3;6*1-2H3. The van der Waals surface area contributed by atoms with Crippen molar-refractivity contribution in [2.75, 3.05) is 0 Å². The van der Waals surface area contributed by atoms with Crippen molar-refractivity contribution in [3.05, 3.63) is 158 Å². The Morgan fingerprint density at radius 2 is 0.654 bits per heavy atom. The maximum absolute atomic E-state index is 3.48. The van der Waals surface area contributed by atoms with Crippen LogP contribution in [0.1, 0.15) is 96.4 Å². The summed E-state index contributed by atoms with van der Waals surface area (Å²) >= 11 is 0. The van der Waals surface area contributed by atoms with Crippen LogP contribution in [-0.4, -0.2) is 0 Å². The predicted molar refractivity (Wildman–Crippen MR) is 244 cm³/mol. The maximum atomic E-state index is 3.48. The second kappa shape index (κ2) is 28.7. The van der Waals surface area contributed by atoms with Crippen LogP contribution < -0.4 is 0 Å². The number of benzene rings is 7. The second-order valence-corrected chi connectivity index (χ2v) is 9.99. The highest BCUT2D eigenvalue weighted by molar-refractivity contribution is 6.28. The quantitative estimate of drug-likeness (QED) is 0.127. The lowest BCUT2D eigenvalue weighted by Gasteiger charge is -2.22. The van der Waals surface area contributed by atoms with Gasteiger partial charge in [-0.3, -0.25) is 0 Å². The van der Waals surface area contributed by atoms with E-state index < -0.39 is 0 Å². The Hall–Kier alpha value is -4.94. The molecule has 0 fully saturated rings. The first kappa shape index (κ1) is 47.1. The van der Waals surface area contributed by atoms with Gasteiger partial charge in [-0.25, -0.2) is 0 Å². The summed E-state index contributed by atoms with van der Waals surface area (Å²) in [5.41, 5.74) is 7.61. The molecular weight excluding hydrogens is 625 g/mol. The highest BCUT2D eigenvalue weighted by Gasteiger charge is 2.21. The Morgan fingerprint density at radius 1 is 0.365 bits per heavy atom. The van der Waals surface area contributed by atoms with Crippen molar-refractivity contribution in [1.29, 1.82) is 0 Å². The molecular formula is C52H68. The van der Waals surface area contributed by atoms with Crippen molar-refractivity contribution in [2.45, 2.75) is 96.4 Å². The lowest BCUT2D eigenvalue weighted by atomic mass is 9.81. The molecule has 0 aliphatic rings. The summed E-state index contributed by atoms with van der Waals surface area (Å²) < 4.78 is 0. The minimum absolute atomic E-state index is 1.08. The van der Waals surface area contributed by atoms with E-state index >= 15 is 0 Å². The molecule has 0 radical (unpaired) electrons. The SMILES string of the molecule is C=CCC.CC.CC.CC.CC.CC.CC.c1ccc(-c2c3ccccc3c(-c3ccccc3)c3c(-c4ccccc4)c4ccccc4cc23)cc1. The molecule has 7 rings (SSSR count). The van der Waals surface area contributed by atoms with Crippen LogP contribution in [0.5, 0.6) is 0 Å². The van der Waals surface area contributed by atoms with Crippen LogP contribution in [-0.2, 0) is 0 Å². The van der Waals surface area contributed by atoms with E-state index in [1.807, 2.05) is 89.2 Å². The summed E-state index contributed by atoms with van der Waals surface area (Å²) in [6.07, 6.45) is 2.96. The van der Waals surface area contributed by atoms with Crippen molar-refractivity contribution in [3.8, 4) is 33.4 Å². The van der Waals surface area contributed by atoms with Gasteiger partial charge in [0.05, 0.1) is 0 Å². The van der Waals surface area contributed by atoms with Crippen LogP contribution in [0.4, 0.5) is 0 Å². The average molecular weight is 693 g/mol. The summed E-state index contributed by atoms with van der Waals surface area (Å²) in [5, 5.41) is 7.70. The normalized spacial score (nSPS) is 9.02. The van der Waals surface area contributed by atoms with Gasteiger partial charge in [0, 0.05) is 0 Å². The molecule has 276 valence electrons. The van der Waals surface area contributed by atoms with Gasteiger partial charge in [0.25, 0.3) is 0 Å². The first-order valence-electron chi connectivity index (χ1n) is 20.0. The molecule has 0 spiro atoms. The first-order valence-corrected chi connectivity index (χ1v) is 20.0. The first-order chi connectivity index (χ1) is 25.8. The molecule has 0 aliphatic carbocycles. The zero-order valence-electron chi connectivity index (χ0n) is 34.8. The lowest BCUT2D eigenvalue weighted by Crippen LogP contribution is -1.94. The number of hydrogen-bond acceptors (Lipinski definition) is 0. The molecule has 0 aromatic heterocycles. The number of fused-ring (bicyclic) bond motifs is 3. The molecule has 0 unspecified atom stereocenters. The van der Waals surface area contributed by atoms with Crippen molar-refractivity contribution >= 4 is 32.3 Å². The molecule has 0 saturated carbocycles. The monoisotopic (exact) mass is 693 g/mol. The van der Waals surface area contributed by atoms with Crippen molar-refractivity contribution in [2.24, 2.45) is 0 Å². The average Bonchev–Trinajstić information content (AvgIpc) is 3.27. The van der Waals surface area contributed by atoms with Crippen LogP contribution in [0.25, 0.3) is 65.7 Å². The molecule has 0 aliphatic heterocycles. The van der Waals surface area contributed by atoms with Crippen LogP contribution in [0.3, 0.4) is 0 Å². The molecule has 7 aromatic carbocycles. The van der Waals surface area contributed by atoms with Gasteiger partial charge in [0.2, 0.25) is 0 Å². The Bertz CT molecular complexity index is 1870. The fraction of sp³-hybridized carbons (Fsp3) is 0.269. The molecule has 0 amide bonds. The predicted octanol–water partition coefficient (Wildman–Crippen LogP) is 17.9. The van der Waals surface area contributed by atoms with Crippen molar-refractivity contribution in [3.63, 3.8) is 0 Å². The van der Waals surface area contributed by atoms with Gasteiger partial charge in [-0.15, -0.1) is 6.58 Å². The van der Waals surface area contributed by atoms with E-state index in [4.69, 9.17) is 0 Å². The fourth-order valence-electron chi connectivity index (χ4n) is 5.73. The molecule has 0 nitrogen and oxygen atoms in total.